The van der Waals surface area contributed by atoms with Crippen molar-refractivity contribution in [2.24, 2.45) is 0 Å². The van der Waals surface area contributed by atoms with Gasteiger partial charge in [0.05, 0.1) is 22.3 Å². The lowest BCUT2D eigenvalue weighted by molar-refractivity contribution is -0.137. The third kappa shape index (κ3) is 6.27. The summed E-state index contributed by atoms with van der Waals surface area (Å²) in [5.41, 5.74) is 0.0867. The van der Waals surface area contributed by atoms with Crippen LogP contribution in [0.1, 0.15) is 43.7 Å². The Bertz CT molecular complexity index is 791. The monoisotopic (exact) mass is 443 g/mol. The molecule has 0 aliphatic carbocycles. The standard InChI is InChI=1S/C20H21BrF3NO2/c1-13(2)14-9-10-18(16(21)12-14)27-11-5-8-19(26)25-17-7-4-3-6-15(17)20(22,23)24/h3-4,6-7,9-10,12-13H,5,8,11H2,1-2H3,(H,25,26). The number of halogens is 4. The highest BCUT2D eigenvalue weighted by atomic mass is 79.9. The highest BCUT2D eigenvalue weighted by Gasteiger charge is 2.33. The van der Waals surface area contributed by atoms with Gasteiger partial charge in [-0.3, -0.25) is 4.79 Å². The summed E-state index contributed by atoms with van der Waals surface area (Å²) in [4.78, 5) is 11.9. The fourth-order valence-electron chi connectivity index (χ4n) is 2.46. The first-order chi connectivity index (χ1) is 12.7. The van der Waals surface area contributed by atoms with E-state index in [-0.39, 0.29) is 18.7 Å². The number of ether oxygens (including phenoxy) is 1. The number of anilines is 1. The molecule has 27 heavy (non-hydrogen) atoms. The summed E-state index contributed by atoms with van der Waals surface area (Å²) in [5.74, 6) is 0.588. The molecule has 2 rings (SSSR count). The number of benzene rings is 2. The van der Waals surface area contributed by atoms with Crippen LogP contribution < -0.4 is 10.1 Å². The first-order valence-electron chi connectivity index (χ1n) is 8.57. The van der Waals surface area contributed by atoms with Crippen LogP contribution in [0.15, 0.2) is 46.9 Å². The summed E-state index contributed by atoms with van der Waals surface area (Å²) in [6.45, 7) is 4.48. The highest BCUT2D eigenvalue weighted by molar-refractivity contribution is 9.10. The molecule has 1 N–H and O–H groups in total. The summed E-state index contributed by atoms with van der Waals surface area (Å²) < 4.78 is 45.3. The number of nitrogens with one attached hydrogen (secondary N) is 1. The van der Waals surface area contributed by atoms with Crippen molar-refractivity contribution in [1.82, 2.24) is 0 Å². The highest BCUT2D eigenvalue weighted by Crippen LogP contribution is 2.34. The molecule has 0 aliphatic heterocycles. The number of hydrogen-bond donors (Lipinski definition) is 1. The van der Waals surface area contributed by atoms with Gasteiger partial charge in [0, 0.05) is 6.42 Å². The summed E-state index contributed by atoms with van der Waals surface area (Å²) in [5, 5.41) is 2.32. The van der Waals surface area contributed by atoms with Crippen molar-refractivity contribution >= 4 is 27.5 Å². The van der Waals surface area contributed by atoms with Crippen LogP contribution in [0.2, 0.25) is 0 Å². The second-order valence-corrected chi connectivity index (χ2v) is 7.24. The molecule has 0 heterocycles. The smallest absolute Gasteiger partial charge is 0.418 e. The lowest BCUT2D eigenvalue weighted by Crippen LogP contribution is -2.17. The molecule has 0 aliphatic rings. The molecule has 0 atom stereocenters. The number of rotatable bonds is 7. The van der Waals surface area contributed by atoms with E-state index in [2.05, 4.69) is 35.1 Å². The molecule has 0 fully saturated rings. The Balaban J connectivity index is 1.84. The molecule has 2 aromatic carbocycles. The molecule has 146 valence electrons. The molecule has 0 radical (unpaired) electrons. The lowest BCUT2D eigenvalue weighted by Gasteiger charge is -2.14. The van der Waals surface area contributed by atoms with E-state index in [1.807, 2.05) is 18.2 Å². The molecule has 0 saturated heterocycles. The third-order valence-electron chi connectivity index (χ3n) is 3.93. The van der Waals surface area contributed by atoms with Crippen molar-refractivity contribution < 1.29 is 22.7 Å². The minimum atomic E-state index is -4.51. The molecule has 0 saturated carbocycles. The van der Waals surface area contributed by atoms with Gasteiger partial charge in [-0.05, 0) is 58.1 Å². The Morgan fingerprint density at radius 2 is 1.89 bits per heavy atom. The van der Waals surface area contributed by atoms with Gasteiger partial charge in [-0.1, -0.05) is 32.0 Å². The minimum Gasteiger partial charge on any atom is -0.492 e. The van der Waals surface area contributed by atoms with Crippen LogP contribution in [0.25, 0.3) is 0 Å². The molecular formula is C20H21BrF3NO2. The number of hydrogen-bond acceptors (Lipinski definition) is 2. The Kier molecular flexibility index (Phi) is 7.30. The second-order valence-electron chi connectivity index (χ2n) is 6.39. The average Bonchev–Trinajstić information content (AvgIpc) is 2.59. The first-order valence-corrected chi connectivity index (χ1v) is 9.36. The van der Waals surface area contributed by atoms with Gasteiger partial charge in [-0.25, -0.2) is 0 Å². The van der Waals surface area contributed by atoms with Crippen LogP contribution in [0.3, 0.4) is 0 Å². The molecule has 1 amide bonds. The summed E-state index contributed by atoms with van der Waals surface area (Å²) >= 11 is 3.46. The quantitative estimate of drug-likeness (QED) is 0.503. The van der Waals surface area contributed by atoms with Gasteiger partial charge < -0.3 is 10.1 Å². The molecule has 2 aromatic rings. The van der Waals surface area contributed by atoms with Crippen molar-refractivity contribution in [1.29, 1.82) is 0 Å². The molecular weight excluding hydrogens is 423 g/mol. The van der Waals surface area contributed by atoms with Gasteiger partial charge in [-0.15, -0.1) is 0 Å². The van der Waals surface area contributed by atoms with Crippen LogP contribution in [-0.4, -0.2) is 12.5 Å². The maximum absolute atomic E-state index is 12.9. The Hall–Kier alpha value is -2.02. The summed E-state index contributed by atoms with van der Waals surface area (Å²) in [7, 11) is 0. The van der Waals surface area contributed by atoms with Crippen LogP contribution in [0.4, 0.5) is 18.9 Å². The third-order valence-corrected chi connectivity index (χ3v) is 4.55. The zero-order valence-corrected chi connectivity index (χ0v) is 16.7. The van der Waals surface area contributed by atoms with Crippen LogP contribution in [0, 0.1) is 0 Å². The van der Waals surface area contributed by atoms with Crippen molar-refractivity contribution in [3.63, 3.8) is 0 Å². The molecule has 7 heteroatoms. The molecule has 0 spiro atoms. The molecule has 0 aromatic heterocycles. The first kappa shape index (κ1) is 21.3. The van der Waals surface area contributed by atoms with Gasteiger partial charge in [0.2, 0.25) is 5.91 Å². The maximum atomic E-state index is 12.9. The fourth-order valence-corrected chi connectivity index (χ4v) is 2.97. The Morgan fingerprint density at radius 1 is 1.19 bits per heavy atom. The van der Waals surface area contributed by atoms with E-state index in [0.717, 1.165) is 10.5 Å². The van der Waals surface area contributed by atoms with Gasteiger partial charge >= 0.3 is 6.18 Å². The van der Waals surface area contributed by atoms with E-state index in [0.29, 0.717) is 18.1 Å². The van der Waals surface area contributed by atoms with Crippen LogP contribution in [-0.2, 0) is 11.0 Å². The number of para-hydroxylation sites is 1. The topological polar surface area (TPSA) is 38.3 Å². The van der Waals surface area contributed by atoms with Gasteiger partial charge in [-0.2, -0.15) is 13.2 Å². The van der Waals surface area contributed by atoms with Crippen LogP contribution in [0.5, 0.6) is 5.75 Å². The number of alkyl halides is 3. The molecule has 3 nitrogen and oxygen atoms in total. The predicted molar refractivity (Wildman–Crippen MR) is 103 cm³/mol. The van der Waals surface area contributed by atoms with E-state index >= 15 is 0 Å². The number of amides is 1. The Labute approximate surface area is 165 Å². The van der Waals surface area contributed by atoms with E-state index < -0.39 is 17.6 Å². The minimum absolute atomic E-state index is 0.0634. The zero-order chi connectivity index (χ0) is 20.0. The van der Waals surface area contributed by atoms with Gasteiger partial charge in [0.25, 0.3) is 0 Å². The second kappa shape index (κ2) is 9.26. The fraction of sp³-hybridized carbons (Fsp3) is 0.350. The van der Waals surface area contributed by atoms with E-state index in [4.69, 9.17) is 4.74 Å². The lowest BCUT2D eigenvalue weighted by atomic mass is 10.0. The zero-order valence-electron chi connectivity index (χ0n) is 15.1. The van der Waals surface area contributed by atoms with Crippen LogP contribution >= 0.6 is 15.9 Å². The predicted octanol–water partition coefficient (Wildman–Crippen LogP) is 6.39. The molecule has 0 bridgehead atoms. The van der Waals surface area contributed by atoms with E-state index in [1.165, 1.54) is 23.8 Å². The van der Waals surface area contributed by atoms with E-state index in [9.17, 15) is 18.0 Å². The summed E-state index contributed by atoms with van der Waals surface area (Å²) in [6.07, 6.45) is -4.06. The van der Waals surface area contributed by atoms with Crippen molar-refractivity contribution in [2.45, 2.75) is 38.8 Å². The maximum Gasteiger partial charge on any atom is 0.418 e. The number of carbonyl (C=O) groups is 1. The Morgan fingerprint density at radius 3 is 2.52 bits per heavy atom. The summed E-state index contributed by atoms with van der Waals surface area (Å²) in [6, 6.07) is 10.7. The normalized spacial score (nSPS) is 11.5. The SMILES string of the molecule is CC(C)c1ccc(OCCCC(=O)Nc2ccccc2C(F)(F)F)c(Br)c1. The van der Waals surface area contributed by atoms with Crippen molar-refractivity contribution in [3.8, 4) is 5.75 Å². The van der Waals surface area contributed by atoms with Gasteiger partial charge in [0.1, 0.15) is 5.75 Å². The van der Waals surface area contributed by atoms with Crippen molar-refractivity contribution in [2.75, 3.05) is 11.9 Å². The molecule has 0 unspecified atom stereocenters. The van der Waals surface area contributed by atoms with Crippen molar-refractivity contribution in [3.05, 3.63) is 58.1 Å². The average molecular weight is 444 g/mol. The van der Waals surface area contributed by atoms with E-state index in [1.54, 1.807) is 0 Å². The number of carbonyl (C=O) groups excluding carboxylic acids is 1. The largest absolute Gasteiger partial charge is 0.492 e. The van der Waals surface area contributed by atoms with Gasteiger partial charge in [0.15, 0.2) is 0 Å².